The number of hydrogen-bond donors (Lipinski definition) is 1. The maximum Gasteiger partial charge on any atom is 0.337 e. The summed E-state index contributed by atoms with van der Waals surface area (Å²) in [5, 5.41) is 10.1. The Hall–Kier alpha value is -1.06. The number of carbonyl (C=O) groups is 1. The predicted octanol–water partition coefficient (Wildman–Crippen LogP) is 2.84. The standard InChI is InChI=1S/C14H19ClO3/c1-4-14(15,11-8-6-5-7-9-11)12(16)13(17)18-10(2)3/h5-10,12,16H,4H2,1-3H3/t12-,14+/m1/s1. The monoisotopic (exact) mass is 270 g/mol. The van der Waals surface area contributed by atoms with E-state index in [1.54, 1.807) is 26.0 Å². The van der Waals surface area contributed by atoms with Gasteiger partial charge in [0.1, 0.15) is 4.87 Å². The highest BCUT2D eigenvalue weighted by Crippen LogP contribution is 2.36. The highest BCUT2D eigenvalue weighted by molar-refractivity contribution is 6.25. The molecule has 1 aromatic carbocycles. The van der Waals surface area contributed by atoms with Gasteiger partial charge in [-0.3, -0.25) is 0 Å². The van der Waals surface area contributed by atoms with E-state index in [0.717, 1.165) is 0 Å². The number of carbonyl (C=O) groups excluding carboxylic acids is 1. The molecule has 0 unspecified atom stereocenters. The molecule has 18 heavy (non-hydrogen) atoms. The van der Waals surface area contributed by atoms with Crippen molar-refractivity contribution < 1.29 is 14.6 Å². The summed E-state index contributed by atoms with van der Waals surface area (Å²) in [7, 11) is 0. The lowest BCUT2D eigenvalue weighted by atomic mass is 9.90. The van der Waals surface area contributed by atoms with E-state index < -0.39 is 16.9 Å². The summed E-state index contributed by atoms with van der Waals surface area (Å²) in [4.78, 5) is 10.6. The fourth-order valence-corrected chi connectivity index (χ4v) is 1.97. The first-order valence-corrected chi connectivity index (χ1v) is 6.42. The van der Waals surface area contributed by atoms with Gasteiger partial charge in [-0.2, -0.15) is 0 Å². The predicted molar refractivity (Wildman–Crippen MR) is 71.5 cm³/mol. The van der Waals surface area contributed by atoms with Crippen LogP contribution >= 0.6 is 11.6 Å². The second-order valence-electron chi connectivity index (χ2n) is 4.47. The summed E-state index contributed by atoms with van der Waals surface area (Å²) < 4.78 is 5.01. The minimum Gasteiger partial charge on any atom is -0.461 e. The van der Waals surface area contributed by atoms with Crippen molar-refractivity contribution in [3.63, 3.8) is 0 Å². The summed E-state index contributed by atoms with van der Waals surface area (Å²) in [6, 6.07) is 9.09. The van der Waals surface area contributed by atoms with E-state index in [1.807, 2.05) is 25.1 Å². The molecule has 0 aliphatic carbocycles. The first kappa shape index (κ1) is 15.0. The van der Waals surface area contributed by atoms with Crippen molar-refractivity contribution in [3.05, 3.63) is 35.9 Å². The Morgan fingerprint density at radius 1 is 1.39 bits per heavy atom. The fourth-order valence-electron chi connectivity index (χ4n) is 1.75. The molecule has 0 saturated heterocycles. The Balaban J connectivity index is 2.98. The van der Waals surface area contributed by atoms with Crippen molar-refractivity contribution in [1.82, 2.24) is 0 Å². The zero-order chi connectivity index (χ0) is 13.8. The highest BCUT2D eigenvalue weighted by Gasteiger charge is 2.41. The van der Waals surface area contributed by atoms with Gasteiger partial charge in [0.05, 0.1) is 6.10 Å². The van der Waals surface area contributed by atoms with E-state index >= 15 is 0 Å². The van der Waals surface area contributed by atoms with Gasteiger partial charge in [-0.1, -0.05) is 37.3 Å². The van der Waals surface area contributed by atoms with Crippen molar-refractivity contribution in [3.8, 4) is 0 Å². The topological polar surface area (TPSA) is 46.5 Å². The zero-order valence-corrected chi connectivity index (χ0v) is 11.6. The Morgan fingerprint density at radius 2 is 1.94 bits per heavy atom. The van der Waals surface area contributed by atoms with Gasteiger partial charge in [-0.25, -0.2) is 4.79 Å². The number of ether oxygens (including phenoxy) is 1. The zero-order valence-electron chi connectivity index (χ0n) is 10.9. The van der Waals surface area contributed by atoms with Gasteiger partial charge in [0.25, 0.3) is 0 Å². The van der Waals surface area contributed by atoms with E-state index in [4.69, 9.17) is 16.3 Å². The summed E-state index contributed by atoms with van der Waals surface area (Å²) >= 11 is 6.43. The molecule has 3 nitrogen and oxygen atoms in total. The molecule has 0 saturated carbocycles. The van der Waals surface area contributed by atoms with E-state index in [0.29, 0.717) is 12.0 Å². The van der Waals surface area contributed by atoms with E-state index in [9.17, 15) is 9.90 Å². The first-order valence-electron chi connectivity index (χ1n) is 6.04. The Kier molecular flexibility index (Phi) is 5.17. The van der Waals surface area contributed by atoms with Crippen molar-refractivity contribution in [2.24, 2.45) is 0 Å². The van der Waals surface area contributed by atoms with Crippen LogP contribution in [0.15, 0.2) is 30.3 Å². The Labute approximate surface area is 113 Å². The SMILES string of the molecule is CC[C@](Cl)(c1ccccc1)[C@H](O)C(=O)OC(C)C. The summed E-state index contributed by atoms with van der Waals surface area (Å²) in [5.74, 6) is -0.689. The molecule has 1 aromatic rings. The second kappa shape index (κ2) is 6.21. The van der Waals surface area contributed by atoms with E-state index in [-0.39, 0.29) is 6.10 Å². The van der Waals surface area contributed by atoms with Crippen LogP contribution in [0.3, 0.4) is 0 Å². The summed E-state index contributed by atoms with van der Waals surface area (Å²) in [5.41, 5.74) is 0.711. The van der Waals surface area contributed by atoms with Crippen molar-refractivity contribution in [1.29, 1.82) is 0 Å². The van der Waals surface area contributed by atoms with Crippen molar-refractivity contribution in [2.45, 2.75) is 44.3 Å². The average Bonchev–Trinajstić information content (AvgIpc) is 2.37. The third kappa shape index (κ3) is 3.24. The third-order valence-corrected chi connectivity index (χ3v) is 3.47. The normalized spacial score (nSPS) is 16.1. The molecule has 0 amide bonds. The number of aliphatic hydroxyl groups excluding tert-OH is 1. The minimum atomic E-state index is -1.38. The van der Waals surface area contributed by atoms with Gasteiger partial charge in [0, 0.05) is 0 Å². The quantitative estimate of drug-likeness (QED) is 0.661. The molecule has 0 aromatic heterocycles. The van der Waals surface area contributed by atoms with Crippen LogP contribution in [0.5, 0.6) is 0 Å². The Bertz CT molecular complexity index is 391. The lowest BCUT2D eigenvalue weighted by molar-refractivity contribution is -0.159. The molecule has 0 spiro atoms. The van der Waals surface area contributed by atoms with Gasteiger partial charge in [-0.05, 0) is 25.8 Å². The van der Waals surface area contributed by atoms with Crippen LogP contribution in [0.25, 0.3) is 0 Å². The molecule has 100 valence electrons. The van der Waals surface area contributed by atoms with Crippen LogP contribution in [0.4, 0.5) is 0 Å². The number of benzene rings is 1. The van der Waals surface area contributed by atoms with E-state index in [2.05, 4.69) is 0 Å². The molecule has 0 aliphatic heterocycles. The first-order chi connectivity index (χ1) is 8.41. The molecular weight excluding hydrogens is 252 g/mol. The van der Waals surface area contributed by atoms with Crippen LogP contribution in [-0.4, -0.2) is 23.3 Å². The molecule has 1 N–H and O–H groups in total. The van der Waals surface area contributed by atoms with Gasteiger partial charge >= 0.3 is 5.97 Å². The summed E-state index contributed by atoms with van der Waals surface area (Å²) in [6.07, 6.45) is -1.23. The number of rotatable bonds is 5. The maximum atomic E-state index is 11.8. The molecule has 0 bridgehead atoms. The minimum absolute atomic E-state index is 0.277. The molecule has 0 heterocycles. The molecule has 0 fully saturated rings. The lowest BCUT2D eigenvalue weighted by Gasteiger charge is -2.30. The molecule has 4 heteroatoms. The van der Waals surface area contributed by atoms with Crippen LogP contribution in [0, 0.1) is 0 Å². The van der Waals surface area contributed by atoms with Gasteiger partial charge in [0.15, 0.2) is 6.10 Å². The highest BCUT2D eigenvalue weighted by atomic mass is 35.5. The lowest BCUT2D eigenvalue weighted by Crippen LogP contribution is -2.41. The molecule has 0 radical (unpaired) electrons. The maximum absolute atomic E-state index is 11.8. The number of halogens is 1. The second-order valence-corrected chi connectivity index (χ2v) is 5.14. The molecule has 1 rings (SSSR count). The fraction of sp³-hybridized carbons (Fsp3) is 0.500. The number of hydrogen-bond acceptors (Lipinski definition) is 3. The van der Waals surface area contributed by atoms with Gasteiger partial charge in [-0.15, -0.1) is 11.6 Å². The van der Waals surface area contributed by atoms with Crippen LogP contribution in [0.1, 0.15) is 32.8 Å². The van der Waals surface area contributed by atoms with Crippen LogP contribution < -0.4 is 0 Å². The van der Waals surface area contributed by atoms with E-state index in [1.165, 1.54) is 0 Å². The van der Waals surface area contributed by atoms with Gasteiger partial charge < -0.3 is 9.84 Å². The smallest absolute Gasteiger partial charge is 0.337 e. The van der Waals surface area contributed by atoms with Crippen LogP contribution in [-0.2, 0) is 14.4 Å². The van der Waals surface area contributed by atoms with Crippen molar-refractivity contribution >= 4 is 17.6 Å². The third-order valence-electron chi connectivity index (χ3n) is 2.78. The average molecular weight is 271 g/mol. The number of alkyl halides is 1. The molecule has 0 aliphatic rings. The largest absolute Gasteiger partial charge is 0.461 e. The molecular formula is C14H19ClO3. The Morgan fingerprint density at radius 3 is 2.39 bits per heavy atom. The van der Waals surface area contributed by atoms with Crippen LogP contribution in [0.2, 0.25) is 0 Å². The number of aliphatic hydroxyl groups is 1. The molecule has 2 atom stereocenters. The summed E-state index contributed by atoms with van der Waals surface area (Å²) in [6.45, 7) is 5.29. The van der Waals surface area contributed by atoms with Gasteiger partial charge in [0.2, 0.25) is 0 Å². The number of esters is 1. The van der Waals surface area contributed by atoms with Crippen molar-refractivity contribution in [2.75, 3.05) is 0 Å².